The number of likely N-dealkylation sites (N-methyl/N-ethyl adjacent to an activating group) is 1. The van der Waals surface area contributed by atoms with Crippen molar-refractivity contribution in [2.45, 2.75) is 39.8 Å². The van der Waals surface area contributed by atoms with Gasteiger partial charge in [0.05, 0.1) is 6.54 Å². The first-order valence-corrected chi connectivity index (χ1v) is 9.37. The molecule has 0 saturated heterocycles. The third-order valence-electron chi connectivity index (χ3n) is 4.50. The maximum atomic E-state index is 12.7. The van der Waals surface area contributed by atoms with Crippen molar-refractivity contribution >= 4 is 5.91 Å². The van der Waals surface area contributed by atoms with E-state index >= 15 is 0 Å². The van der Waals surface area contributed by atoms with Crippen molar-refractivity contribution in [1.82, 2.24) is 15.0 Å². The summed E-state index contributed by atoms with van der Waals surface area (Å²) in [5, 5.41) is 4.02. The van der Waals surface area contributed by atoms with Gasteiger partial charge < -0.3 is 14.2 Å². The molecule has 0 aliphatic rings. The Bertz CT molecular complexity index is 951. The molecule has 2 aromatic carbocycles. The lowest BCUT2D eigenvalue weighted by Gasteiger charge is -2.21. The van der Waals surface area contributed by atoms with Gasteiger partial charge in [-0.3, -0.25) is 4.79 Å². The van der Waals surface area contributed by atoms with E-state index in [0.717, 1.165) is 28.9 Å². The second-order valence-corrected chi connectivity index (χ2v) is 6.80. The summed E-state index contributed by atoms with van der Waals surface area (Å²) >= 11 is 0. The lowest BCUT2D eigenvalue weighted by Crippen LogP contribution is -2.37. The van der Waals surface area contributed by atoms with E-state index in [-0.39, 0.29) is 12.5 Å². The Morgan fingerprint density at radius 1 is 1.21 bits per heavy atom. The lowest BCUT2D eigenvalue weighted by molar-refractivity contribution is -0.137. The molecular weight excluding hydrogens is 354 g/mol. The molecule has 6 nitrogen and oxygen atoms in total. The Labute approximate surface area is 165 Å². The van der Waals surface area contributed by atoms with E-state index in [2.05, 4.69) is 17.1 Å². The van der Waals surface area contributed by atoms with Crippen molar-refractivity contribution in [2.24, 2.45) is 0 Å². The van der Waals surface area contributed by atoms with Gasteiger partial charge in [-0.2, -0.15) is 4.98 Å². The SMILES string of the molecule is CCc1ccccc1O[C@H](C)C(=O)N(C)Cc1nc(-c2cccc(C)c2)no1. The molecule has 0 saturated carbocycles. The van der Waals surface area contributed by atoms with E-state index in [1.165, 1.54) is 4.90 Å². The van der Waals surface area contributed by atoms with Crippen LogP contribution in [0, 0.1) is 6.92 Å². The summed E-state index contributed by atoms with van der Waals surface area (Å²) in [6, 6.07) is 15.6. The third-order valence-corrected chi connectivity index (χ3v) is 4.50. The summed E-state index contributed by atoms with van der Waals surface area (Å²) in [6.07, 6.45) is 0.230. The fraction of sp³-hybridized carbons (Fsp3) is 0.318. The van der Waals surface area contributed by atoms with E-state index in [1.54, 1.807) is 14.0 Å². The highest BCUT2D eigenvalue weighted by Crippen LogP contribution is 2.21. The predicted molar refractivity (Wildman–Crippen MR) is 107 cm³/mol. The number of hydrogen-bond acceptors (Lipinski definition) is 5. The van der Waals surface area contributed by atoms with Crippen LogP contribution < -0.4 is 4.74 Å². The standard InChI is InChI=1S/C22H25N3O3/c1-5-17-10-6-7-12-19(17)27-16(3)22(26)25(4)14-20-23-21(24-28-20)18-11-8-9-15(2)13-18/h6-13,16H,5,14H2,1-4H3/t16-/m1/s1. The molecule has 28 heavy (non-hydrogen) atoms. The first-order chi connectivity index (χ1) is 13.5. The van der Waals surface area contributed by atoms with Gasteiger partial charge in [-0.25, -0.2) is 0 Å². The highest BCUT2D eigenvalue weighted by atomic mass is 16.5. The highest BCUT2D eigenvalue weighted by Gasteiger charge is 2.22. The van der Waals surface area contributed by atoms with Crippen molar-refractivity contribution < 1.29 is 14.1 Å². The van der Waals surface area contributed by atoms with Crippen LogP contribution in [0.1, 0.15) is 30.9 Å². The molecule has 1 aromatic heterocycles. The summed E-state index contributed by atoms with van der Waals surface area (Å²) < 4.78 is 11.2. The van der Waals surface area contributed by atoms with E-state index < -0.39 is 6.10 Å². The molecule has 1 atom stereocenters. The minimum atomic E-state index is -0.614. The number of para-hydroxylation sites is 1. The van der Waals surface area contributed by atoms with E-state index in [9.17, 15) is 4.79 Å². The van der Waals surface area contributed by atoms with Crippen LogP contribution in [-0.4, -0.2) is 34.1 Å². The molecular formula is C22H25N3O3. The Balaban J connectivity index is 1.64. The fourth-order valence-electron chi connectivity index (χ4n) is 2.96. The molecule has 1 amide bonds. The molecule has 0 aliphatic heterocycles. The van der Waals surface area contributed by atoms with Crippen molar-refractivity contribution in [1.29, 1.82) is 0 Å². The molecule has 0 bridgehead atoms. The topological polar surface area (TPSA) is 68.5 Å². The number of carbonyl (C=O) groups is 1. The number of hydrogen-bond donors (Lipinski definition) is 0. The summed E-state index contributed by atoms with van der Waals surface area (Å²) in [7, 11) is 1.70. The molecule has 0 fully saturated rings. The van der Waals surface area contributed by atoms with Gasteiger partial charge in [0.15, 0.2) is 6.10 Å². The van der Waals surface area contributed by atoms with Crippen LogP contribution in [0.4, 0.5) is 0 Å². The minimum Gasteiger partial charge on any atom is -0.481 e. The van der Waals surface area contributed by atoms with Gasteiger partial charge in [-0.15, -0.1) is 0 Å². The number of ether oxygens (including phenoxy) is 1. The molecule has 3 rings (SSSR count). The van der Waals surface area contributed by atoms with Gasteiger partial charge in [0.1, 0.15) is 5.75 Å². The molecule has 0 radical (unpaired) electrons. The van der Waals surface area contributed by atoms with Crippen LogP contribution >= 0.6 is 0 Å². The average molecular weight is 379 g/mol. The molecule has 3 aromatic rings. The summed E-state index contributed by atoms with van der Waals surface area (Å²) in [5.74, 6) is 1.48. The van der Waals surface area contributed by atoms with Crippen LogP contribution in [0.3, 0.4) is 0 Å². The van der Waals surface area contributed by atoms with E-state index in [4.69, 9.17) is 9.26 Å². The van der Waals surface area contributed by atoms with Crippen LogP contribution in [0.15, 0.2) is 53.1 Å². The average Bonchev–Trinajstić information content (AvgIpc) is 3.16. The third kappa shape index (κ3) is 4.57. The second kappa shape index (κ2) is 8.69. The molecule has 6 heteroatoms. The van der Waals surface area contributed by atoms with Gasteiger partial charge in [0, 0.05) is 12.6 Å². The monoisotopic (exact) mass is 379 g/mol. The van der Waals surface area contributed by atoms with Gasteiger partial charge in [-0.1, -0.05) is 54.0 Å². The van der Waals surface area contributed by atoms with Crippen LogP contribution in [0.5, 0.6) is 5.75 Å². The number of carbonyl (C=O) groups excluding carboxylic acids is 1. The summed E-state index contributed by atoms with van der Waals surface area (Å²) in [6.45, 7) is 6.04. The highest BCUT2D eigenvalue weighted by molar-refractivity contribution is 5.80. The van der Waals surface area contributed by atoms with Crippen molar-refractivity contribution in [3.8, 4) is 17.1 Å². The normalized spacial score (nSPS) is 11.9. The Morgan fingerprint density at radius 2 is 2.00 bits per heavy atom. The smallest absolute Gasteiger partial charge is 0.263 e. The van der Waals surface area contributed by atoms with Crippen LogP contribution in [-0.2, 0) is 17.8 Å². The van der Waals surface area contributed by atoms with Crippen LogP contribution in [0.2, 0.25) is 0 Å². The number of amides is 1. The van der Waals surface area contributed by atoms with Gasteiger partial charge >= 0.3 is 0 Å². The maximum absolute atomic E-state index is 12.7. The lowest BCUT2D eigenvalue weighted by atomic mass is 10.1. The Hall–Kier alpha value is -3.15. The first-order valence-electron chi connectivity index (χ1n) is 9.37. The molecule has 146 valence electrons. The number of benzene rings is 2. The molecule has 0 N–H and O–H groups in total. The van der Waals surface area contributed by atoms with Crippen LogP contribution in [0.25, 0.3) is 11.4 Å². The largest absolute Gasteiger partial charge is 0.481 e. The molecule has 0 aliphatic carbocycles. The zero-order valence-electron chi connectivity index (χ0n) is 16.7. The minimum absolute atomic E-state index is 0.152. The predicted octanol–water partition coefficient (Wildman–Crippen LogP) is 4.03. The zero-order chi connectivity index (χ0) is 20.1. The summed E-state index contributed by atoms with van der Waals surface area (Å²) in [4.78, 5) is 18.6. The first kappa shape index (κ1) is 19.6. The number of rotatable bonds is 7. The summed E-state index contributed by atoms with van der Waals surface area (Å²) in [5.41, 5.74) is 3.08. The molecule has 0 spiro atoms. The number of nitrogens with zero attached hydrogens (tertiary/aromatic N) is 3. The van der Waals surface area contributed by atoms with Crippen molar-refractivity contribution in [2.75, 3.05) is 7.05 Å². The van der Waals surface area contributed by atoms with Gasteiger partial charge in [-0.05, 0) is 38.0 Å². The van der Waals surface area contributed by atoms with Gasteiger partial charge in [0.25, 0.3) is 5.91 Å². The number of aryl methyl sites for hydroxylation is 2. The maximum Gasteiger partial charge on any atom is 0.263 e. The zero-order valence-corrected chi connectivity index (χ0v) is 16.7. The fourth-order valence-corrected chi connectivity index (χ4v) is 2.96. The Kier molecular flexibility index (Phi) is 6.09. The van der Waals surface area contributed by atoms with Crippen molar-refractivity contribution in [3.05, 3.63) is 65.5 Å². The van der Waals surface area contributed by atoms with E-state index in [0.29, 0.717) is 11.7 Å². The second-order valence-electron chi connectivity index (χ2n) is 6.80. The molecule has 1 heterocycles. The van der Waals surface area contributed by atoms with E-state index in [1.807, 2.05) is 55.5 Å². The Morgan fingerprint density at radius 3 is 2.75 bits per heavy atom. The van der Waals surface area contributed by atoms with Gasteiger partial charge in [0.2, 0.25) is 11.7 Å². The number of aromatic nitrogens is 2. The quantitative estimate of drug-likeness (QED) is 0.620. The molecule has 0 unspecified atom stereocenters. The van der Waals surface area contributed by atoms with Crippen molar-refractivity contribution in [3.63, 3.8) is 0 Å².